The van der Waals surface area contributed by atoms with Crippen LogP contribution in [0.4, 0.5) is 11.4 Å². The minimum absolute atomic E-state index is 0.0930. The first-order chi connectivity index (χ1) is 13.2. The van der Waals surface area contributed by atoms with Crippen LogP contribution in [0.3, 0.4) is 0 Å². The van der Waals surface area contributed by atoms with Crippen molar-refractivity contribution >= 4 is 17.3 Å². The van der Waals surface area contributed by atoms with Gasteiger partial charge in [0, 0.05) is 45.0 Å². The molecule has 1 aromatic rings. The average Bonchev–Trinajstić information content (AvgIpc) is 3.23. The van der Waals surface area contributed by atoms with Gasteiger partial charge < -0.3 is 25.0 Å². The largest absolute Gasteiger partial charge is 0.371 e. The van der Waals surface area contributed by atoms with E-state index in [-0.39, 0.29) is 6.29 Å². The highest BCUT2D eigenvalue weighted by atomic mass is 16.7. The van der Waals surface area contributed by atoms with Crippen LogP contribution in [0.2, 0.25) is 0 Å². The van der Waals surface area contributed by atoms with E-state index in [0.717, 1.165) is 25.9 Å². The lowest BCUT2D eigenvalue weighted by Gasteiger charge is -2.38. The Kier molecular flexibility index (Phi) is 5.55. The molecule has 1 saturated heterocycles. The Morgan fingerprint density at radius 2 is 1.78 bits per heavy atom. The lowest BCUT2D eigenvalue weighted by atomic mass is 9.95. The molecule has 0 radical (unpaired) electrons. The van der Waals surface area contributed by atoms with Crippen molar-refractivity contribution in [1.29, 1.82) is 0 Å². The van der Waals surface area contributed by atoms with Gasteiger partial charge in [-0.3, -0.25) is 0 Å². The van der Waals surface area contributed by atoms with Crippen LogP contribution in [0.1, 0.15) is 44.1 Å². The van der Waals surface area contributed by atoms with Gasteiger partial charge in [-0.05, 0) is 43.4 Å². The lowest BCUT2D eigenvalue weighted by molar-refractivity contribution is -0.141. The second-order valence-corrected chi connectivity index (χ2v) is 7.96. The number of rotatable bonds is 5. The number of hydrogen-bond donors (Lipinski definition) is 1. The Bertz CT molecular complexity index is 675. The van der Waals surface area contributed by atoms with Gasteiger partial charge in [-0.1, -0.05) is 18.9 Å². The molecular formula is C21H32N4O2. The molecule has 1 aliphatic carbocycles. The van der Waals surface area contributed by atoms with Crippen LogP contribution in [0.5, 0.6) is 0 Å². The average molecular weight is 373 g/mol. The molecule has 4 rings (SSSR count). The molecule has 2 aliphatic heterocycles. The van der Waals surface area contributed by atoms with E-state index >= 15 is 0 Å². The van der Waals surface area contributed by atoms with Crippen molar-refractivity contribution < 1.29 is 9.47 Å². The number of anilines is 2. The van der Waals surface area contributed by atoms with Gasteiger partial charge >= 0.3 is 0 Å². The number of fused-ring (bicyclic) bond motifs is 1. The van der Waals surface area contributed by atoms with Gasteiger partial charge in [0.25, 0.3) is 0 Å². The molecule has 148 valence electrons. The molecule has 6 nitrogen and oxygen atoms in total. The predicted molar refractivity (Wildman–Crippen MR) is 109 cm³/mol. The van der Waals surface area contributed by atoms with Crippen molar-refractivity contribution in [3.8, 4) is 0 Å². The van der Waals surface area contributed by atoms with Crippen molar-refractivity contribution in [3.05, 3.63) is 23.8 Å². The van der Waals surface area contributed by atoms with Crippen molar-refractivity contribution in [2.75, 3.05) is 37.1 Å². The normalized spacial score (nSPS) is 21.7. The minimum Gasteiger partial charge on any atom is -0.371 e. The van der Waals surface area contributed by atoms with Crippen LogP contribution >= 0.6 is 0 Å². The minimum atomic E-state index is -0.0930. The van der Waals surface area contributed by atoms with Gasteiger partial charge in [-0.2, -0.15) is 0 Å². The topological polar surface area (TPSA) is 63.3 Å². The molecule has 27 heavy (non-hydrogen) atoms. The Labute approximate surface area is 162 Å². The fraction of sp³-hybridized carbons (Fsp3) is 0.667. The number of guanidine groups is 1. The van der Waals surface area contributed by atoms with E-state index in [4.69, 9.17) is 15.2 Å². The van der Waals surface area contributed by atoms with Crippen LogP contribution in [0.25, 0.3) is 0 Å². The van der Waals surface area contributed by atoms with Gasteiger partial charge in [-0.15, -0.1) is 0 Å². The maximum Gasteiger partial charge on any atom is 0.196 e. The Hall–Kier alpha value is -1.79. The summed E-state index contributed by atoms with van der Waals surface area (Å²) in [5, 5.41) is 0. The summed E-state index contributed by atoms with van der Waals surface area (Å²) >= 11 is 0. The monoisotopic (exact) mass is 372 g/mol. The number of piperidine rings is 1. The molecule has 3 aliphatic rings. The van der Waals surface area contributed by atoms with Gasteiger partial charge in [0.2, 0.25) is 0 Å². The first-order valence-electron chi connectivity index (χ1n) is 10.2. The molecule has 0 spiro atoms. The second-order valence-electron chi connectivity index (χ2n) is 7.96. The molecule has 1 saturated carbocycles. The van der Waals surface area contributed by atoms with Crippen molar-refractivity contribution in [2.24, 2.45) is 16.6 Å². The van der Waals surface area contributed by atoms with Crippen molar-refractivity contribution in [3.63, 3.8) is 0 Å². The van der Waals surface area contributed by atoms with E-state index in [1.807, 2.05) is 0 Å². The molecule has 0 unspecified atom stereocenters. The summed E-state index contributed by atoms with van der Waals surface area (Å²) in [4.78, 5) is 9.35. The molecule has 1 aromatic carbocycles. The molecule has 2 N–H and O–H groups in total. The lowest BCUT2D eigenvalue weighted by Crippen LogP contribution is -2.46. The predicted octanol–water partition coefficient (Wildman–Crippen LogP) is 3.10. The Morgan fingerprint density at radius 3 is 2.44 bits per heavy atom. The number of benzene rings is 1. The van der Waals surface area contributed by atoms with E-state index in [0.29, 0.717) is 24.5 Å². The van der Waals surface area contributed by atoms with Crippen LogP contribution < -0.4 is 15.5 Å². The number of aliphatic imine (C=N–C) groups is 1. The fourth-order valence-electron chi connectivity index (χ4n) is 4.93. The van der Waals surface area contributed by atoms with Crippen LogP contribution in [0.15, 0.2) is 23.2 Å². The van der Waals surface area contributed by atoms with E-state index in [1.54, 1.807) is 14.2 Å². The van der Waals surface area contributed by atoms with Crippen LogP contribution in [-0.4, -0.2) is 45.6 Å². The summed E-state index contributed by atoms with van der Waals surface area (Å²) in [6.07, 6.45) is 7.07. The number of nitrogens with zero attached hydrogens (tertiary/aromatic N) is 3. The number of hydrogen-bond acceptors (Lipinski definition) is 6. The SMILES string of the molecule is COC(OC)C1CCN(c2ccc3c(c2)N(C2CCCC2)C(N)=NC3)CC1. The zero-order chi connectivity index (χ0) is 18.8. The third kappa shape index (κ3) is 3.65. The first kappa shape index (κ1) is 18.6. The molecule has 0 amide bonds. The standard InChI is InChI=1S/C21H32N4O2/c1-26-20(27-2)15-9-11-24(12-10-15)18-8-7-16-14-23-21(22)25(19(16)13-18)17-5-3-4-6-17/h7-8,13,15,17,20H,3-6,9-12,14H2,1-2H3,(H2,22,23). The summed E-state index contributed by atoms with van der Waals surface area (Å²) in [5.41, 5.74) is 10.2. The van der Waals surface area contributed by atoms with E-state index in [2.05, 4.69) is 33.0 Å². The Balaban J connectivity index is 1.51. The summed E-state index contributed by atoms with van der Waals surface area (Å²) < 4.78 is 10.9. The van der Waals surface area contributed by atoms with E-state index in [1.165, 1.54) is 42.6 Å². The first-order valence-corrected chi connectivity index (χ1v) is 10.2. The molecule has 0 aromatic heterocycles. The third-order valence-electron chi connectivity index (χ3n) is 6.43. The highest BCUT2D eigenvalue weighted by Crippen LogP contribution is 2.36. The maximum atomic E-state index is 6.32. The number of nitrogens with two attached hydrogens (primary N) is 1. The van der Waals surface area contributed by atoms with E-state index < -0.39 is 0 Å². The molecule has 2 fully saturated rings. The third-order valence-corrected chi connectivity index (χ3v) is 6.43. The van der Waals surface area contributed by atoms with Crippen molar-refractivity contribution in [1.82, 2.24) is 0 Å². The summed E-state index contributed by atoms with van der Waals surface area (Å²) in [6, 6.07) is 7.31. The van der Waals surface area contributed by atoms with Crippen LogP contribution in [-0.2, 0) is 16.0 Å². The molecular weight excluding hydrogens is 340 g/mol. The fourth-order valence-corrected chi connectivity index (χ4v) is 4.93. The zero-order valence-electron chi connectivity index (χ0n) is 16.6. The number of methoxy groups -OCH3 is 2. The zero-order valence-corrected chi connectivity index (χ0v) is 16.6. The molecule has 6 heteroatoms. The smallest absolute Gasteiger partial charge is 0.196 e. The van der Waals surface area contributed by atoms with Gasteiger partial charge in [0.1, 0.15) is 0 Å². The van der Waals surface area contributed by atoms with Gasteiger partial charge in [0.15, 0.2) is 12.2 Å². The van der Waals surface area contributed by atoms with Gasteiger partial charge in [0.05, 0.1) is 12.2 Å². The van der Waals surface area contributed by atoms with Gasteiger partial charge in [-0.25, -0.2) is 4.99 Å². The van der Waals surface area contributed by atoms with Crippen LogP contribution in [0, 0.1) is 5.92 Å². The number of ether oxygens (including phenoxy) is 2. The molecule has 0 atom stereocenters. The molecule has 2 heterocycles. The summed E-state index contributed by atoms with van der Waals surface area (Å²) in [7, 11) is 3.46. The summed E-state index contributed by atoms with van der Waals surface area (Å²) in [5.74, 6) is 1.15. The molecule has 0 bridgehead atoms. The second kappa shape index (κ2) is 8.07. The quantitative estimate of drug-likeness (QED) is 0.805. The highest BCUT2D eigenvalue weighted by Gasteiger charge is 2.31. The highest BCUT2D eigenvalue weighted by molar-refractivity contribution is 5.98. The van der Waals surface area contributed by atoms with Crippen molar-refractivity contribution in [2.45, 2.75) is 57.4 Å². The maximum absolute atomic E-state index is 6.32. The Morgan fingerprint density at radius 1 is 1.07 bits per heavy atom. The van der Waals surface area contributed by atoms with E-state index in [9.17, 15) is 0 Å². The summed E-state index contributed by atoms with van der Waals surface area (Å²) in [6.45, 7) is 2.75.